The lowest BCUT2D eigenvalue weighted by Gasteiger charge is -2.15. The maximum atomic E-state index is 12.0. The Bertz CT molecular complexity index is 720. The minimum absolute atomic E-state index is 0.264. The van der Waals surface area contributed by atoms with Gasteiger partial charge < -0.3 is 14.1 Å². The molecule has 4 nitrogen and oxygen atoms in total. The van der Waals surface area contributed by atoms with Crippen LogP contribution in [0.15, 0.2) is 59.4 Å². The van der Waals surface area contributed by atoms with Gasteiger partial charge in [0.1, 0.15) is 12.0 Å². The molecule has 0 spiro atoms. The van der Waals surface area contributed by atoms with Gasteiger partial charge in [-0.25, -0.2) is 0 Å². The van der Waals surface area contributed by atoms with Crippen molar-refractivity contribution in [3.8, 4) is 0 Å². The fourth-order valence-corrected chi connectivity index (χ4v) is 2.95. The predicted octanol–water partition coefficient (Wildman–Crippen LogP) is 6.37. The van der Waals surface area contributed by atoms with E-state index in [0.717, 1.165) is 31.1 Å². The van der Waals surface area contributed by atoms with Gasteiger partial charge in [-0.2, -0.15) is 13.2 Å². The molecule has 1 aromatic rings. The molecule has 0 heterocycles. The number of nitrogens with one attached hydrogen (secondary N) is 1. The Hall–Kier alpha value is -1.66. The van der Waals surface area contributed by atoms with Crippen molar-refractivity contribution in [3.05, 3.63) is 70.5 Å². The SMILES string of the molecule is CCOC.CP(NCC=O)OC1=CC=C(Cl)C=CC1.Cc1ccccc1C(F)(F)F. The van der Waals surface area contributed by atoms with E-state index < -0.39 is 20.0 Å². The molecule has 1 aromatic carbocycles. The minimum Gasteiger partial charge on any atom is -0.462 e. The van der Waals surface area contributed by atoms with Crippen molar-refractivity contribution < 1.29 is 27.2 Å². The number of rotatable bonds is 6. The Morgan fingerprint density at radius 2 is 1.90 bits per heavy atom. The number of hydrogen-bond donors (Lipinski definition) is 1. The van der Waals surface area contributed by atoms with Crippen LogP contribution in [0.1, 0.15) is 24.5 Å². The number of allylic oxidation sites excluding steroid dienone is 5. The highest BCUT2D eigenvalue weighted by Crippen LogP contribution is 2.32. The van der Waals surface area contributed by atoms with E-state index in [2.05, 4.69) is 9.82 Å². The summed E-state index contributed by atoms with van der Waals surface area (Å²) >= 11 is 5.82. The van der Waals surface area contributed by atoms with Crippen LogP contribution >= 0.6 is 19.9 Å². The number of carbonyl (C=O) groups is 1. The van der Waals surface area contributed by atoms with E-state index in [0.29, 0.717) is 11.6 Å². The summed E-state index contributed by atoms with van der Waals surface area (Å²) in [5.41, 5.74) is -0.292. The molecule has 1 unspecified atom stereocenters. The van der Waals surface area contributed by atoms with E-state index in [1.165, 1.54) is 19.1 Å². The van der Waals surface area contributed by atoms with Crippen molar-refractivity contribution >= 4 is 26.2 Å². The summed E-state index contributed by atoms with van der Waals surface area (Å²) < 4.78 is 46.3. The largest absolute Gasteiger partial charge is 0.462 e. The maximum absolute atomic E-state index is 12.0. The lowest BCUT2D eigenvalue weighted by atomic mass is 10.1. The van der Waals surface area contributed by atoms with Crippen LogP contribution in [0.25, 0.3) is 0 Å². The molecule has 1 atom stereocenters. The molecule has 2 rings (SSSR count). The minimum atomic E-state index is -4.22. The first-order chi connectivity index (χ1) is 14.1. The van der Waals surface area contributed by atoms with Crippen LogP contribution in [0.2, 0.25) is 0 Å². The monoisotopic (exact) mass is 465 g/mol. The van der Waals surface area contributed by atoms with Crippen molar-refractivity contribution in [2.24, 2.45) is 0 Å². The van der Waals surface area contributed by atoms with Crippen molar-refractivity contribution in [1.82, 2.24) is 5.09 Å². The van der Waals surface area contributed by atoms with E-state index >= 15 is 0 Å². The molecule has 9 heteroatoms. The van der Waals surface area contributed by atoms with Crippen LogP contribution in [0.5, 0.6) is 0 Å². The summed E-state index contributed by atoms with van der Waals surface area (Å²) in [7, 11) is 0.889. The van der Waals surface area contributed by atoms with E-state index in [-0.39, 0.29) is 5.56 Å². The summed E-state index contributed by atoms with van der Waals surface area (Å²) in [5, 5.41) is 3.66. The molecule has 168 valence electrons. The van der Waals surface area contributed by atoms with Crippen LogP contribution in [0, 0.1) is 6.92 Å². The Labute approximate surface area is 182 Å². The van der Waals surface area contributed by atoms with Crippen LogP contribution in [0.4, 0.5) is 13.2 Å². The lowest BCUT2D eigenvalue weighted by molar-refractivity contribution is -0.138. The molecular formula is C21H28ClF3NO3P. The molecule has 30 heavy (non-hydrogen) atoms. The van der Waals surface area contributed by atoms with Crippen molar-refractivity contribution in [3.63, 3.8) is 0 Å². The van der Waals surface area contributed by atoms with Crippen LogP contribution in [-0.4, -0.2) is 33.2 Å². The molecule has 0 saturated carbocycles. The standard InChI is InChI=1S/C10H13ClNO2P.C8H7F3.C3H8O/c1-15(12-7-8-13)14-10-4-2-3-9(11)5-6-10;1-6-4-2-3-5-7(6)8(9,10)11;1-3-4-2/h2-3,5-6,8,12H,4,7H2,1H3;2-5H,1H3;3H2,1-2H3. The Balaban J connectivity index is 0.000000491. The number of alkyl halides is 3. The zero-order valence-electron chi connectivity index (χ0n) is 17.5. The Morgan fingerprint density at radius 1 is 1.27 bits per heavy atom. The van der Waals surface area contributed by atoms with Gasteiger partial charge in [0.05, 0.1) is 12.1 Å². The number of aldehydes is 1. The maximum Gasteiger partial charge on any atom is 0.416 e. The third kappa shape index (κ3) is 13.5. The summed E-state index contributed by atoms with van der Waals surface area (Å²) in [6, 6.07) is 5.50. The van der Waals surface area contributed by atoms with E-state index in [9.17, 15) is 18.0 Å². The first-order valence-corrected chi connectivity index (χ1v) is 11.2. The molecule has 1 aliphatic rings. The van der Waals surface area contributed by atoms with Crippen molar-refractivity contribution in [2.45, 2.75) is 26.4 Å². The second-order valence-electron chi connectivity index (χ2n) is 5.80. The third-order valence-electron chi connectivity index (χ3n) is 3.42. The number of benzene rings is 1. The number of halogens is 4. The third-order valence-corrected chi connectivity index (χ3v) is 4.80. The zero-order valence-corrected chi connectivity index (χ0v) is 19.2. The second-order valence-corrected chi connectivity index (χ2v) is 7.73. The highest BCUT2D eigenvalue weighted by atomic mass is 35.5. The first kappa shape index (κ1) is 28.3. The zero-order chi connectivity index (χ0) is 23.0. The van der Waals surface area contributed by atoms with Gasteiger partial charge in [0, 0.05) is 31.8 Å². The molecule has 0 aliphatic heterocycles. The molecule has 0 radical (unpaired) electrons. The van der Waals surface area contributed by atoms with E-state index in [4.69, 9.17) is 16.1 Å². The lowest BCUT2D eigenvalue weighted by Crippen LogP contribution is -2.10. The van der Waals surface area contributed by atoms with Crippen LogP contribution < -0.4 is 5.09 Å². The second kappa shape index (κ2) is 16.1. The fraction of sp³-hybridized carbons (Fsp3) is 0.381. The van der Waals surface area contributed by atoms with Gasteiger partial charge in [-0.1, -0.05) is 35.9 Å². The number of carbonyl (C=O) groups excluding carboxylic acids is 1. The smallest absolute Gasteiger partial charge is 0.416 e. The molecule has 1 N–H and O–H groups in total. The first-order valence-electron chi connectivity index (χ1n) is 9.09. The van der Waals surface area contributed by atoms with Gasteiger partial charge in [0.15, 0.2) is 8.30 Å². The molecule has 0 fully saturated rings. The van der Waals surface area contributed by atoms with E-state index in [1.54, 1.807) is 19.3 Å². The highest BCUT2D eigenvalue weighted by molar-refractivity contribution is 7.49. The summed E-state index contributed by atoms with van der Waals surface area (Å²) in [6.45, 7) is 6.46. The summed E-state index contributed by atoms with van der Waals surface area (Å²) in [5.74, 6) is 0.855. The van der Waals surface area contributed by atoms with Gasteiger partial charge in [0.2, 0.25) is 0 Å². The number of ether oxygens (including phenoxy) is 1. The molecule has 0 bridgehead atoms. The normalized spacial score (nSPS) is 14.0. The van der Waals surface area contributed by atoms with Gasteiger partial charge in [-0.3, -0.25) is 5.09 Å². The molecule has 0 saturated heterocycles. The number of hydrogen-bond acceptors (Lipinski definition) is 4. The molecule has 0 amide bonds. The van der Waals surface area contributed by atoms with Gasteiger partial charge in [-0.05, 0) is 43.7 Å². The quantitative estimate of drug-likeness (QED) is 0.392. The Morgan fingerprint density at radius 3 is 2.40 bits per heavy atom. The molecule has 0 aromatic heterocycles. The van der Waals surface area contributed by atoms with Crippen molar-refractivity contribution in [1.29, 1.82) is 0 Å². The molecular weight excluding hydrogens is 438 g/mol. The topological polar surface area (TPSA) is 47.6 Å². The van der Waals surface area contributed by atoms with E-state index in [1.807, 2.05) is 31.8 Å². The van der Waals surface area contributed by atoms with Gasteiger partial charge in [-0.15, -0.1) is 0 Å². The summed E-state index contributed by atoms with van der Waals surface area (Å²) in [4.78, 5) is 10.1. The number of aryl methyl sites for hydroxylation is 1. The van der Waals surface area contributed by atoms with Gasteiger partial charge >= 0.3 is 6.18 Å². The van der Waals surface area contributed by atoms with Crippen LogP contribution in [-0.2, 0) is 20.2 Å². The van der Waals surface area contributed by atoms with Gasteiger partial charge in [0.25, 0.3) is 0 Å². The predicted molar refractivity (Wildman–Crippen MR) is 118 cm³/mol. The molecule has 1 aliphatic carbocycles. The number of methoxy groups -OCH3 is 1. The highest BCUT2D eigenvalue weighted by Gasteiger charge is 2.31. The average molecular weight is 466 g/mol. The average Bonchev–Trinajstić information content (AvgIpc) is 2.90. The Kier molecular flexibility index (Phi) is 15.2. The van der Waals surface area contributed by atoms with Crippen molar-refractivity contribution in [2.75, 3.05) is 26.9 Å². The van der Waals surface area contributed by atoms with Crippen LogP contribution in [0.3, 0.4) is 0 Å². The summed E-state index contributed by atoms with van der Waals surface area (Å²) in [6.07, 6.45) is 4.76. The fourth-order valence-electron chi connectivity index (χ4n) is 1.92.